The Morgan fingerprint density at radius 3 is 1.38 bits per heavy atom. The molecule has 2 N–H and O–H groups in total. The molecule has 0 heterocycles. The van der Waals surface area contributed by atoms with E-state index in [0.29, 0.717) is 10.5 Å². The molecule has 0 aliphatic carbocycles. The Bertz CT molecular complexity index is 227. The number of thiol groups is 2. The Balaban J connectivity index is 3.59. The van der Waals surface area contributed by atoms with Gasteiger partial charge in [-0.2, -0.15) is 72.3 Å². The third kappa shape index (κ3) is 18.1. The third-order valence-corrected chi connectivity index (χ3v) is 11.9. The van der Waals surface area contributed by atoms with E-state index < -0.39 is 0 Å². The molecule has 24 heavy (non-hydrogen) atoms. The molecule has 2 nitrogen and oxygen atoms in total. The van der Waals surface area contributed by atoms with Crippen LogP contribution in [0.2, 0.25) is 0 Å². The molecule has 146 valence electrons. The van der Waals surface area contributed by atoms with Crippen molar-refractivity contribution in [2.24, 2.45) is 0 Å². The second kappa shape index (κ2) is 22.0. The number of hydrogen-bond acceptors (Lipinski definition) is 10. The van der Waals surface area contributed by atoms with Crippen LogP contribution in [0.4, 0.5) is 0 Å². The van der Waals surface area contributed by atoms with Crippen LogP contribution in [0.3, 0.4) is 0 Å². The number of thioether (sulfide) groups is 4. The SMILES string of the molecule is OCCSCCS[C@H](CS)CSSC[C@H](CS)SCCSCCO. The van der Waals surface area contributed by atoms with Crippen LogP contribution in [0.15, 0.2) is 0 Å². The molecule has 0 unspecified atom stereocenters. The Kier molecular flexibility index (Phi) is 24.5. The van der Waals surface area contributed by atoms with Crippen molar-refractivity contribution in [1.82, 2.24) is 0 Å². The second-order valence-electron chi connectivity index (χ2n) is 4.59. The van der Waals surface area contributed by atoms with Crippen LogP contribution in [0.1, 0.15) is 0 Å². The summed E-state index contributed by atoms with van der Waals surface area (Å²) in [6.45, 7) is 0.560. The highest BCUT2D eigenvalue weighted by Gasteiger charge is 2.11. The Labute approximate surface area is 184 Å². The zero-order valence-corrected chi connectivity index (χ0v) is 20.6. The zero-order valence-electron chi connectivity index (χ0n) is 13.9. The van der Waals surface area contributed by atoms with Gasteiger partial charge in [0.25, 0.3) is 0 Å². The van der Waals surface area contributed by atoms with E-state index in [9.17, 15) is 0 Å². The highest BCUT2D eigenvalue weighted by Crippen LogP contribution is 2.30. The first-order chi connectivity index (χ1) is 11.8. The van der Waals surface area contributed by atoms with E-state index in [-0.39, 0.29) is 13.2 Å². The van der Waals surface area contributed by atoms with Crippen molar-refractivity contribution in [3.05, 3.63) is 0 Å². The molecule has 0 aliphatic rings. The topological polar surface area (TPSA) is 40.5 Å². The summed E-state index contributed by atoms with van der Waals surface area (Å²) in [5, 5.41) is 18.7. The van der Waals surface area contributed by atoms with Crippen LogP contribution < -0.4 is 0 Å². The molecule has 0 spiro atoms. The van der Waals surface area contributed by atoms with E-state index in [2.05, 4.69) is 25.3 Å². The lowest BCUT2D eigenvalue weighted by Gasteiger charge is -2.15. The maximum absolute atomic E-state index is 8.76. The van der Waals surface area contributed by atoms with E-state index in [1.54, 1.807) is 0 Å². The van der Waals surface area contributed by atoms with Crippen LogP contribution in [-0.2, 0) is 0 Å². The lowest BCUT2D eigenvalue weighted by atomic mass is 10.5. The van der Waals surface area contributed by atoms with Crippen molar-refractivity contribution in [2.45, 2.75) is 10.5 Å². The molecular weight excluding hydrogens is 457 g/mol. The van der Waals surface area contributed by atoms with Crippen molar-refractivity contribution in [3.63, 3.8) is 0 Å². The maximum atomic E-state index is 8.76. The smallest absolute Gasteiger partial charge is 0.0521 e. The Morgan fingerprint density at radius 2 is 1.04 bits per heavy atom. The minimum absolute atomic E-state index is 0.280. The van der Waals surface area contributed by atoms with E-state index in [1.165, 1.54) is 0 Å². The summed E-state index contributed by atoms with van der Waals surface area (Å²) in [5.74, 6) is 10.3. The minimum Gasteiger partial charge on any atom is -0.396 e. The van der Waals surface area contributed by atoms with Gasteiger partial charge in [0.1, 0.15) is 0 Å². The van der Waals surface area contributed by atoms with Crippen LogP contribution in [-0.4, -0.2) is 91.5 Å². The van der Waals surface area contributed by atoms with Gasteiger partial charge in [-0.05, 0) is 0 Å². The fourth-order valence-corrected chi connectivity index (χ4v) is 9.92. The van der Waals surface area contributed by atoms with Gasteiger partial charge < -0.3 is 10.2 Å². The molecule has 0 saturated carbocycles. The summed E-state index contributed by atoms with van der Waals surface area (Å²) < 4.78 is 0. The molecule has 0 rings (SSSR count). The van der Waals surface area contributed by atoms with Gasteiger partial charge in [-0.15, -0.1) is 0 Å². The first kappa shape index (κ1) is 26.7. The summed E-state index contributed by atoms with van der Waals surface area (Å²) >= 11 is 16.6. The van der Waals surface area contributed by atoms with Crippen molar-refractivity contribution in [2.75, 3.05) is 70.7 Å². The standard InChI is InChI=1S/C14H30O2S8/c15-1-3-19-5-7-21-13(9-17)11-23-24-12-14(10-18)22-8-6-20-4-2-16/h13-18H,1-12H2/t13-,14+. The lowest BCUT2D eigenvalue weighted by molar-refractivity contribution is 0.322. The van der Waals surface area contributed by atoms with Gasteiger partial charge in [0.15, 0.2) is 0 Å². The number of aliphatic hydroxyl groups is 2. The fourth-order valence-electron chi connectivity index (χ4n) is 1.44. The van der Waals surface area contributed by atoms with Gasteiger partial charge in [-0.3, -0.25) is 0 Å². The van der Waals surface area contributed by atoms with Gasteiger partial charge in [0.2, 0.25) is 0 Å². The van der Waals surface area contributed by atoms with Crippen LogP contribution in [0, 0.1) is 0 Å². The van der Waals surface area contributed by atoms with Gasteiger partial charge in [0, 0.05) is 68.0 Å². The summed E-state index contributed by atoms with van der Waals surface area (Å²) in [6.07, 6.45) is 0. The number of aliphatic hydroxyl groups excluding tert-OH is 2. The summed E-state index contributed by atoms with van der Waals surface area (Å²) in [5.41, 5.74) is 0. The van der Waals surface area contributed by atoms with E-state index in [4.69, 9.17) is 10.2 Å². The van der Waals surface area contributed by atoms with Crippen LogP contribution >= 0.6 is 93.9 Å². The Morgan fingerprint density at radius 1 is 0.625 bits per heavy atom. The zero-order chi connectivity index (χ0) is 17.9. The van der Waals surface area contributed by atoms with Crippen LogP contribution in [0.25, 0.3) is 0 Å². The summed E-state index contributed by atoms with van der Waals surface area (Å²) in [4.78, 5) is 0. The molecule has 0 amide bonds. The predicted molar refractivity (Wildman–Crippen MR) is 134 cm³/mol. The van der Waals surface area contributed by atoms with Gasteiger partial charge in [-0.1, -0.05) is 21.6 Å². The molecule has 0 bridgehead atoms. The van der Waals surface area contributed by atoms with Crippen molar-refractivity contribution >= 4 is 93.9 Å². The molecular formula is C14H30O2S8. The molecule has 0 radical (unpaired) electrons. The van der Waals surface area contributed by atoms with Crippen molar-refractivity contribution < 1.29 is 10.2 Å². The van der Waals surface area contributed by atoms with Gasteiger partial charge in [-0.25, -0.2) is 0 Å². The third-order valence-electron chi connectivity index (χ3n) is 2.63. The quantitative estimate of drug-likeness (QED) is 0.125. The minimum atomic E-state index is 0.280. The monoisotopic (exact) mass is 486 g/mol. The van der Waals surface area contributed by atoms with E-state index in [0.717, 1.165) is 57.5 Å². The molecule has 0 aromatic heterocycles. The predicted octanol–water partition coefficient (Wildman–Crippen LogP) is 3.88. The summed E-state index contributed by atoms with van der Waals surface area (Å²) in [7, 11) is 3.92. The fraction of sp³-hybridized carbons (Fsp3) is 1.00. The van der Waals surface area contributed by atoms with E-state index >= 15 is 0 Å². The van der Waals surface area contributed by atoms with Crippen LogP contribution in [0.5, 0.6) is 0 Å². The molecule has 10 heteroatoms. The van der Waals surface area contributed by atoms with Gasteiger partial charge in [0.05, 0.1) is 13.2 Å². The lowest BCUT2D eigenvalue weighted by Crippen LogP contribution is -2.11. The highest BCUT2D eigenvalue weighted by atomic mass is 33.1. The average Bonchev–Trinajstić information content (AvgIpc) is 2.61. The number of hydrogen-bond donors (Lipinski definition) is 4. The largest absolute Gasteiger partial charge is 0.396 e. The first-order valence-corrected chi connectivity index (χ1v) is 16.0. The molecule has 0 fully saturated rings. The highest BCUT2D eigenvalue weighted by molar-refractivity contribution is 8.76. The molecule has 2 atom stereocenters. The maximum Gasteiger partial charge on any atom is 0.0521 e. The van der Waals surface area contributed by atoms with E-state index in [1.807, 2.05) is 68.6 Å². The first-order valence-electron chi connectivity index (χ1n) is 7.85. The average molecular weight is 487 g/mol. The van der Waals surface area contributed by atoms with Gasteiger partial charge >= 0.3 is 0 Å². The van der Waals surface area contributed by atoms with Crippen molar-refractivity contribution in [3.8, 4) is 0 Å². The molecule has 0 saturated heterocycles. The van der Waals surface area contributed by atoms with Crippen molar-refractivity contribution in [1.29, 1.82) is 0 Å². The molecule has 0 aromatic rings. The second-order valence-corrected chi connectivity index (χ2v) is 13.1. The summed E-state index contributed by atoms with van der Waals surface area (Å²) in [6, 6.07) is 0. The molecule has 0 aliphatic heterocycles. The Hall–Kier alpha value is 2.72. The normalized spacial score (nSPS) is 14.0. The number of rotatable bonds is 19. The molecule has 0 aromatic carbocycles.